The van der Waals surface area contributed by atoms with E-state index in [-0.39, 0.29) is 0 Å². The molecule has 0 amide bonds. The molecule has 6 nitrogen and oxygen atoms in total. The van der Waals surface area contributed by atoms with Gasteiger partial charge in [0.1, 0.15) is 0 Å². The summed E-state index contributed by atoms with van der Waals surface area (Å²) in [7, 11) is 0. The first-order valence-corrected chi connectivity index (χ1v) is 20.4. The van der Waals surface area contributed by atoms with Crippen molar-refractivity contribution in [2.75, 3.05) is 0 Å². The third-order valence-corrected chi connectivity index (χ3v) is 11.7. The van der Waals surface area contributed by atoms with Gasteiger partial charge in [0.05, 0.1) is 39.6 Å². The van der Waals surface area contributed by atoms with Gasteiger partial charge in [0.25, 0.3) is 0 Å². The van der Waals surface area contributed by atoms with Gasteiger partial charge in [-0.2, -0.15) is 0 Å². The van der Waals surface area contributed by atoms with Crippen molar-refractivity contribution < 1.29 is 0 Å². The molecular formula is C54H40N6. The molecule has 60 heavy (non-hydrogen) atoms. The van der Waals surface area contributed by atoms with E-state index in [2.05, 4.69) is 134 Å². The van der Waals surface area contributed by atoms with Gasteiger partial charge < -0.3 is 9.13 Å². The molecule has 0 spiro atoms. The van der Waals surface area contributed by atoms with E-state index < -0.39 is 0 Å². The number of rotatable bonds is 6. The minimum absolute atomic E-state index is 0.599. The highest BCUT2D eigenvalue weighted by Gasteiger charge is 2.23. The Kier molecular flexibility index (Phi) is 8.27. The minimum Gasteiger partial charge on any atom is -0.309 e. The summed E-state index contributed by atoms with van der Waals surface area (Å²) in [6, 6.07) is 56.1. The van der Waals surface area contributed by atoms with E-state index in [0.717, 1.165) is 61.3 Å². The molecule has 286 valence electrons. The van der Waals surface area contributed by atoms with Gasteiger partial charge in [0.2, 0.25) is 0 Å². The highest BCUT2D eigenvalue weighted by Crippen LogP contribution is 2.42. The van der Waals surface area contributed by atoms with Gasteiger partial charge in [-0.3, -0.25) is 4.98 Å². The Bertz CT molecular complexity index is 3290. The van der Waals surface area contributed by atoms with Crippen LogP contribution in [0, 0.1) is 27.7 Å². The lowest BCUT2D eigenvalue weighted by Gasteiger charge is -2.19. The van der Waals surface area contributed by atoms with E-state index >= 15 is 0 Å². The number of pyridine rings is 1. The highest BCUT2D eigenvalue weighted by molar-refractivity contribution is 6.12. The van der Waals surface area contributed by atoms with Crippen LogP contribution in [0.1, 0.15) is 22.3 Å². The number of hydrogen-bond acceptors (Lipinski definition) is 4. The zero-order chi connectivity index (χ0) is 40.5. The minimum atomic E-state index is 0.599. The van der Waals surface area contributed by atoms with Gasteiger partial charge in [0, 0.05) is 55.6 Å². The fourth-order valence-corrected chi connectivity index (χ4v) is 8.84. The van der Waals surface area contributed by atoms with Crippen molar-refractivity contribution in [2.24, 2.45) is 0 Å². The van der Waals surface area contributed by atoms with Crippen molar-refractivity contribution in [1.29, 1.82) is 0 Å². The second-order valence-electron chi connectivity index (χ2n) is 15.9. The summed E-state index contributed by atoms with van der Waals surface area (Å²) in [4.78, 5) is 20.1. The Balaban J connectivity index is 1.23. The largest absolute Gasteiger partial charge is 0.309 e. The number of fused-ring (bicyclic) bond motifs is 6. The van der Waals surface area contributed by atoms with Gasteiger partial charge in [0.15, 0.2) is 17.5 Å². The first kappa shape index (κ1) is 35.5. The van der Waals surface area contributed by atoms with Crippen molar-refractivity contribution in [3.8, 4) is 56.7 Å². The Labute approximate surface area is 348 Å². The molecule has 0 aliphatic rings. The van der Waals surface area contributed by atoms with Crippen LogP contribution in [0.25, 0.3) is 100 Å². The van der Waals surface area contributed by atoms with Crippen LogP contribution in [0.3, 0.4) is 0 Å². The molecule has 0 saturated carbocycles. The van der Waals surface area contributed by atoms with Crippen molar-refractivity contribution in [3.05, 3.63) is 192 Å². The topological polar surface area (TPSA) is 61.4 Å². The molecule has 4 heterocycles. The fraction of sp³-hybridized carbons (Fsp3) is 0.0741. The normalized spacial score (nSPS) is 11.7. The maximum atomic E-state index is 5.17. The molecule has 0 atom stereocenters. The lowest BCUT2D eigenvalue weighted by molar-refractivity contribution is 1.07. The smallest absolute Gasteiger partial charge is 0.164 e. The quantitative estimate of drug-likeness (QED) is 0.169. The summed E-state index contributed by atoms with van der Waals surface area (Å²) in [5.74, 6) is 1.85. The number of nitrogens with zero attached hydrogens (tertiary/aromatic N) is 6. The van der Waals surface area contributed by atoms with E-state index in [1.165, 1.54) is 43.8 Å². The van der Waals surface area contributed by atoms with Crippen LogP contribution in [0.2, 0.25) is 0 Å². The van der Waals surface area contributed by atoms with E-state index in [4.69, 9.17) is 19.9 Å². The molecule has 4 aromatic heterocycles. The lowest BCUT2D eigenvalue weighted by atomic mass is 9.99. The van der Waals surface area contributed by atoms with E-state index in [1.54, 1.807) is 0 Å². The number of aryl methyl sites for hydroxylation is 4. The first-order chi connectivity index (χ1) is 29.4. The van der Waals surface area contributed by atoms with E-state index in [9.17, 15) is 0 Å². The van der Waals surface area contributed by atoms with Crippen LogP contribution in [0.15, 0.2) is 170 Å². The van der Waals surface area contributed by atoms with Crippen LogP contribution in [0.5, 0.6) is 0 Å². The van der Waals surface area contributed by atoms with E-state index in [1.807, 2.05) is 73.1 Å². The van der Waals surface area contributed by atoms with Crippen LogP contribution in [0.4, 0.5) is 0 Å². The maximum absolute atomic E-state index is 5.17. The predicted molar refractivity (Wildman–Crippen MR) is 247 cm³/mol. The highest BCUT2D eigenvalue weighted by atomic mass is 15.0. The molecule has 0 fully saturated rings. The van der Waals surface area contributed by atoms with Crippen molar-refractivity contribution in [3.63, 3.8) is 0 Å². The SMILES string of the molecule is Cc1ccc2c(c1)c1cc(C)ccc1n2-c1ccc(-c2nc(-c3ccccc3)nc(-c3ccccc3)n2)cc1-c1ccncc1-n1c2ccc(C)cc2c2cc(C)ccc21. The summed E-state index contributed by atoms with van der Waals surface area (Å²) in [6.07, 6.45) is 3.91. The zero-order valence-electron chi connectivity index (χ0n) is 33.8. The Morgan fingerprint density at radius 2 is 0.767 bits per heavy atom. The molecule has 0 N–H and O–H groups in total. The molecule has 7 aromatic carbocycles. The van der Waals surface area contributed by atoms with Gasteiger partial charge in [-0.25, -0.2) is 15.0 Å². The second-order valence-corrected chi connectivity index (χ2v) is 15.9. The van der Waals surface area contributed by atoms with Crippen molar-refractivity contribution in [1.82, 2.24) is 29.1 Å². The maximum Gasteiger partial charge on any atom is 0.164 e. The third kappa shape index (κ3) is 5.87. The molecular weight excluding hydrogens is 733 g/mol. The summed E-state index contributed by atoms with van der Waals surface area (Å²) in [6.45, 7) is 8.65. The first-order valence-electron chi connectivity index (χ1n) is 20.4. The molecule has 0 aliphatic heterocycles. The van der Waals surface area contributed by atoms with Gasteiger partial charge in [-0.1, -0.05) is 107 Å². The van der Waals surface area contributed by atoms with Gasteiger partial charge in [-0.05, 0) is 100 Å². The second kappa shape index (κ2) is 14.0. The molecule has 11 aromatic rings. The Morgan fingerprint density at radius 1 is 0.350 bits per heavy atom. The number of aromatic nitrogens is 6. The summed E-state index contributed by atoms with van der Waals surface area (Å²) >= 11 is 0. The van der Waals surface area contributed by atoms with Crippen LogP contribution in [-0.4, -0.2) is 29.1 Å². The standard InChI is InChI=1S/C54H40N6/c1-33-15-20-46-41(27-33)42-28-34(2)16-21-47(42)59(46)50-24-19-39(54-57-52(37-11-7-5-8-12-37)56-53(58-54)38-13-9-6-10-14-38)31-45(50)40-25-26-55-32-51(40)60-48-22-17-35(3)29-43(48)44-30-36(4)18-23-49(44)60/h5-32H,1-4H3. The fourth-order valence-electron chi connectivity index (χ4n) is 8.84. The van der Waals surface area contributed by atoms with Gasteiger partial charge in [-0.15, -0.1) is 0 Å². The molecule has 11 rings (SSSR count). The van der Waals surface area contributed by atoms with Crippen LogP contribution < -0.4 is 0 Å². The Morgan fingerprint density at radius 3 is 1.22 bits per heavy atom. The third-order valence-electron chi connectivity index (χ3n) is 11.7. The Hall–Kier alpha value is -7.70. The molecule has 6 heteroatoms. The van der Waals surface area contributed by atoms with Crippen LogP contribution >= 0.6 is 0 Å². The van der Waals surface area contributed by atoms with Crippen molar-refractivity contribution >= 4 is 43.6 Å². The number of benzene rings is 7. The molecule has 0 aliphatic carbocycles. The molecule has 0 radical (unpaired) electrons. The van der Waals surface area contributed by atoms with Crippen LogP contribution in [-0.2, 0) is 0 Å². The van der Waals surface area contributed by atoms with Crippen molar-refractivity contribution in [2.45, 2.75) is 27.7 Å². The number of hydrogen-bond donors (Lipinski definition) is 0. The lowest BCUT2D eigenvalue weighted by Crippen LogP contribution is -2.04. The van der Waals surface area contributed by atoms with Gasteiger partial charge >= 0.3 is 0 Å². The molecule has 0 bridgehead atoms. The molecule has 0 saturated heterocycles. The molecule has 0 unspecified atom stereocenters. The average molecular weight is 773 g/mol. The summed E-state index contributed by atoms with van der Waals surface area (Å²) in [5.41, 5.74) is 16.3. The summed E-state index contributed by atoms with van der Waals surface area (Å²) in [5, 5.41) is 4.89. The summed E-state index contributed by atoms with van der Waals surface area (Å²) < 4.78 is 4.80. The zero-order valence-corrected chi connectivity index (χ0v) is 33.8. The predicted octanol–water partition coefficient (Wildman–Crippen LogP) is 13.4. The van der Waals surface area contributed by atoms with E-state index in [0.29, 0.717) is 17.5 Å². The monoisotopic (exact) mass is 772 g/mol. The average Bonchev–Trinajstić information content (AvgIpc) is 3.77.